The smallest absolute Gasteiger partial charge is 0.0219 e. The molecule has 0 aliphatic heterocycles. The molecule has 1 aliphatic rings. The Kier molecular flexibility index (Phi) is 3.10. The summed E-state index contributed by atoms with van der Waals surface area (Å²) in [6.07, 6.45) is 5.56. The fourth-order valence-corrected chi connectivity index (χ4v) is 3.63. The van der Waals surface area contributed by atoms with Gasteiger partial charge in [0.15, 0.2) is 0 Å². The van der Waals surface area contributed by atoms with Crippen molar-refractivity contribution in [2.24, 2.45) is 0 Å². The lowest BCUT2D eigenvalue weighted by atomic mass is 9.89. The molecule has 1 aliphatic carbocycles. The predicted molar refractivity (Wildman–Crippen MR) is 86.5 cm³/mol. The molecule has 0 heterocycles. The van der Waals surface area contributed by atoms with E-state index < -0.39 is 0 Å². The molecule has 0 spiro atoms. The van der Waals surface area contributed by atoms with Crippen LogP contribution in [0, 0.1) is 20.8 Å². The van der Waals surface area contributed by atoms with Gasteiger partial charge in [-0.05, 0) is 72.2 Å². The maximum absolute atomic E-state index is 3.70. The summed E-state index contributed by atoms with van der Waals surface area (Å²) in [6, 6.07) is 8.83. The third-order valence-electron chi connectivity index (χ3n) is 4.10. The van der Waals surface area contributed by atoms with Crippen LogP contribution in [0.2, 0.25) is 0 Å². The highest BCUT2D eigenvalue weighted by molar-refractivity contribution is 9.10. The Morgan fingerprint density at radius 2 is 1.84 bits per heavy atom. The first-order chi connectivity index (χ1) is 9.09. The van der Waals surface area contributed by atoms with E-state index in [1.165, 1.54) is 43.4 Å². The van der Waals surface area contributed by atoms with E-state index in [2.05, 4.69) is 73.1 Å². The molecule has 0 aromatic heterocycles. The zero-order valence-corrected chi connectivity index (χ0v) is 13.1. The Hall–Kier alpha value is -1.34. The number of hydrogen-bond donors (Lipinski definition) is 0. The minimum absolute atomic E-state index is 1.04. The summed E-state index contributed by atoms with van der Waals surface area (Å²) < 4.78 is 1.24. The van der Waals surface area contributed by atoms with Gasteiger partial charge in [-0.3, -0.25) is 0 Å². The maximum atomic E-state index is 3.70. The first-order valence-corrected chi connectivity index (χ1v) is 7.44. The fourth-order valence-electron chi connectivity index (χ4n) is 2.91. The van der Waals surface area contributed by atoms with Crippen LogP contribution >= 0.6 is 15.9 Å². The predicted octanol–water partition coefficient (Wildman–Crippen LogP) is 5.61. The van der Waals surface area contributed by atoms with Crippen LogP contribution in [0.15, 0.2) is 34.8 Å². The molecule has 0 nitrogen and oxygen atoms in total. The number of hydrogen-bond acceptors (Lipinski definition) is 0. The van der Waals surface area contributed by atoms with Crippen LogP contribution in [0.5, 0.6) is 0 Å². The summed E-state index contributed by atoms with van der Waals surface area (Å²) in [5, 5.41) is 0. The van der Waals surface area contributed by atoms with Crippen molar-refractivity contribution < 1.29 is 0 Å². The van der Waals surface area contributed by atoms with Crippen molar-refractivity contribution in [2.45, 2.75) is 27.2 Å². The lowest BCUT2D eigenvalue weighted by Crippen LogP contribution is -1.96. The van der Waals surface area contributed by atoms with Crippen LogP contribution in [0.25, 0.3) is 17.2 Å². The molecule has 3 rings (SSSR count). The molecule has 1 heteroatoms. The van der Waals surface area contributed by atoms with Gasteiger partial charge in [0, 0.05) is 4.47 Å². The topological polar surface area (TPSA) is 0 Å². The van der Waals surface area contributed by atoms with Crippen LogP contribution in [-0.4, -0.2) is 0 Å². The monoisotopic (exact) mass is 312 g/mol. The molecule has 0 fully saturated rings. The van der Waals surface area contributed by atoms with Gasteiger partial charge in [0.05, 0.1) is 0 Å². The molecule has 19 heavy (non-hydrogen) atoms. The summed E-state index contributed by atoms with van der Waals surface area (Å²) in [5.41, 5.74) is 9.65. The molecular formula is C18H17Br. The largest absolute Gasteiger partial charge is 0.0794 e. The van der Waals surface area contributed by atoms with Crippen molar-refractivity contribution in [2.75, 3.05) is 0 Å². The summed E-state index contributed by atoms with van der Waals surface area (Å²) in [7, 11) is 0. The summed E-state index contributed by atoms with van der Waals surface area (Å²) in [6.45, 7) is 6.61. The average molecular weight is 313 g/mol. The standard InChI is InChI=1S/C18H17Br/c1-11-6-4-7-14(13(11)3)18-12(2)10-17(19)15-8-5-9-16(15)18/h4-7,9-10H,8H2,1-3H3. The summed E-state index contributed by atoms with van der Waals surface area (Å²) >= 11 is 3.70. The molecule has 2 aromatic rings. The molecule has 0 unspecified atom stereocenters. The quantitative estimate of drug-likeness (QED) is 0.642. The van der Waals surface area contributed by atoms with Gasteiger partial charge in [-0.2, -0.15) is 0 Å². The Morgan fingerprint density at radius 1 is 1.05 bits per heavy atom. The maximum Gasteiger partial charge on any atom is 0.0219 e. The molecule has 0 saturated heterocycles. The van der Waals surface area contributed by atoms with Crippen molar-refractivity contribution in [1.82, 2.24) is 0 Å². The zero-order valence-electron chi connectivity index (χ0n) is 11.5. The number of aryl methyl sites for hydroxylation is 2. The van der Waals surface area contributed by atoms with Crippen molar-refractivity contribution in [3.05, 3.63) is 62.6 Å². The van der Waals surface area contributed by atoms with Crippen LogP contribution in [0.3, 0.4) is 0 Å². The van der Waals surface area contributed by atoms with Gasteiger partial charge < -0.3 is 0 Å². The zero-order chi connectivity index (χ0) is 13.6. The van der Waals surface area contributed by atoms with Gasteiger partial charge in [-0.15, -0.1) is 0 Å². The molecule has 0 N–H and O–H groups in total. The van der Waals surface area contributed by atoms with Crippen LogP contribution in [0.4, 0.5) is 0 Å². The normalized spacial score (nSPS) is 12.8. The van der Waals surface area contributed by atoms with Crippen LogP contribution in [0.1, 0.15) is 27.8 Å². The molecule has 96 valence electrons. The van der Waals surface area contributed by atoms with E-state index in [9.17, 15) is 0 Å². The van der Waals surface area contributed by atoms with E-state index in [-0.39, 0.29) is 0 Å². The van der Waals surface area contributed by atoms with Crippen molar-refractivity contribution in [1.29, 1.82) is 0 Å². The third-order valence-corrected chi connectivity index (χ3v) is 4.81. The molecular weight excluding hydrogens is 296 g/mol. The van der Waals surface area contributed by atoms with E-state index in [4.69, 9.17) is 0 Å². The Labute approximate surface area is 123 Å². The molecule has 0 saturated carbocycles. The second kappa shape index (κ2) is 4.64. The first kappa shape index (κ1) is 12.7. The van der Waals surface area contributed by atoms with Gasteiger partial charge in [0.1, 0.15) is 0 Å². The van der Waals surface area contributed by atoms with Gasteiger partial charge in [0.25, 0.3) is 0 Å². The SMILES string of the molecule is Cc1cccc(-c2c(C)cc(Br)c3c2C=CC3)c1C. The van der Waals surface area contributed by atoms with E-state index in [1.54, 1.807) is 0 Å². The molecule has 0 amide bonds. The highest BCUT2D eigenvalue weighted by atomic mass is 79.9. The molecule has 0 bridgehead atoms. The summed E-state index contributed by atoms with van der Waals surface area (Å²) in [5.74, 6) is 0. The van der Waals surface area contributed by atoms with E-state index in [0.717, 1.165) is 6.42 Å². The van der Waals surface area contributed by atoms with Crippen molar-refractivity contribution in [3.8, 4) is 11.1 Å². The van der Waals surface area contributed by atoms with Gasteiger partial charge in [0.2, 0.25) is 0 Å². The minimum atomic E-state index is 1.04. The number of halogens is 1. The second-order valence-corrected chi connectivity index (χ2v) is 6.15. The van der Waals surface area contributed by atoms with Crippen molar-refractivity contribution in [3.63, 3.8) is 0 Å². The lowest BCUT2D eigenvalue weighted by Gasteiger charge is -2.17. The second-order valence-electron chi connectivity index (χ2n) is 5.30. The minimum Gasteiger partial charge on any atom is -0.0794 e. The van der Waals surface area contributed by atoms with Crippen molar-refractivity contribution >= 4 is 22.0 Å². The molecule has 0 atom stereocenters. The average Bonchev–Trinajstić information content (AvgIpc) is 2.84. The number of allylic oxidation sites excluding steroid dienone is 1. The van der Waals surface area contributed by atoms with E-state index in [1.807, 2.05) is 0 Å². The van der Waals surface area contributed by atoms with Crippen LogP contribution in [-0.2, 0) is 6.42 Å². The highest BCUT2D eigenvalue weighted by Crippen LogP contribution is 2.39. The number of benzene rings is 2. The Balaban J connectivity index is 2.35. The fraction of sp³-hybridized carbons (Fsp3) is 0.222. The van der Waals surface area contributed by atoms with E-state index in [0.29, 0.717) is 0 Å². The molecule has 2 aromatic carbocycles. The van der Waals surface area contributed by atoms with Gasteiger partial charge >= 0.3 is 0 Å². The van der Waals surface area contributed by atoms with Gasteiger partial charge in [-0.25, -0.2) is 0 Å². The Morgan fingerprint density at radius 3 is 2.63 bits per heavy atom. The Bertz CT molecular complexity index is 693. The highest BCUT2D eigenvalue weighted by Gasteiger charge is 2.18. The van der Waals surface area contributed by atoms with E-state index >= 15 is 0 Å². The first-order valence-electron chi connectivity index (χ1n) is 6.64. The van der Waals surface area contributed by atoms with Gasteiger partial charge in [-0.1, -0.05) is 46.3 Å². The van der Waals surface area contributed by atoms with Crippen LogP contribution < -0.4 is 0 Å². The number of rotatable bonds is 1. The summed E-state index contributed by atoms with van der Waals surface area (Å²) in [4.78, 5) is 0. The molecule has 0 radical (unpaired) electrons. The number of fused-ring (bicyclic) bond motifs is 1. The third kappa shape index (κ3) is 1.97. The lowest BCUT2D eigenvalue weighted by molar-refractivity contribution is 1.26.